The molecule has 0 radical (unpaired) electrons. The van der Waals surface area contributed by atoms with E-state index < -0.39 is 10.0 Å². The van der Waals surface area contributed by atoms with Crippen LogP contribution in [0.3, 0.4) is 0 Å². The van der Waals surface area contributed by atoms with Gasteiger partial charge in [-0.25, -0.2) is 13.4 Å². The molecule has 12 heteroatoms. The number of thiophene rings is 1. The second-order valence-corrected chi connectivity index (χ2v) is 14.8. The Labute approximate surface area is 287 Å². The molecule has 0 saturated carbocycles. The highest BCUT2D eigenvalue weighted by atomic mass is 35.5. The van der Waals surface area contributed by atoms with E-state index in [1.54, 1.807) is 59.1 Å². The van der Waals surface area contributed by atoms with E-state index in [1.807, 2.05) is 24.3 Å². The number of aromatic nitrogens is 1. The van der Waals surface area contributed by atoms with E-state index >= 15 is 0 Å². The Bertz CT molecular complexity index is 2100. The third-order valence-electron chi connectivity index (χ3n) is 7.89. The zero-order chi connectivity index (χ0) is 31.7. The zero-order valence-electron chi connectivity index (χ0n) is 25.3. The molecule has 4 aromatic carbocycles. The molecular weight excluding hydrogens is 672 g/mol. The maximum absolute atomic E-state index is 13.6. The number of sulfonamides is 1. The molecular formula is C35H31ClN4O4S3. The van der Waals surface area contributed by atoms with Gasteiger partial charge in [-0.15, -0.1) is 35.1 Å². The fourth-order valence-corrected chi connectivity index (χ4v) is 9.01. The average molecular weight is 703 g/mol. The summed E-state index contributed by atoms with van der Waals surface area (Å²) >= 11 is 3.24. The van der Waals surface area contributed by atoms with Crippen LogP contribution in [0.25, 0.3) is 20.8 Å². The minimum Gasteiger partial charge on any atom is -0.497 e. The highest BCUT2D eigenvalue weighted by Crippen LogP contribution is 2.46. The molecule has 0 spiro atoms. The maximum Gasteiger partial charge on any atom is 0.261 e. The lowest BCUT2D eigenvalue weighted by molar-refractivity contribution is 0.102. The van der Waals surface area contributed by atoms with Gasteiger partial charge in [0.1, 0.15) is 15.8 Å². The third-order valence-corrected chi connectivity index (χ3v) is 11.5. The maximum atomic E-state index is 13.6. The molecule has 0 fully saturated rings. The Morgan fingerprint density at radius 3 is 2.36 bits per heavy atom. The van der Waals surface area contributed by atoms with Gasteiger partial charge in [-0.05, 0) is 78.2 Å². The molecule has 6 aromatic rings. The number of ether oxygens (including phenoxy) is 1. The molecule has 0 unspecified atom stereocenters. The Balaban J connectivity index is 0.00000386. The number of nitrogens with zero attached hydrogens (tertiary/aromatic N) is 2. The number of nitrogens with one attached hydrogen (secondary N) is 2. The largest absolute Gasteiger partial charge is 0.497 e. The van der Waals surface area contributed by atoms with Crippen LogP contribution in [0.5, 0.6) is 5.75 Å². The first kappa shape index (κ1) is 32.7. The topological polar surface area (TPSA) is 101 Å². The SMILES string of the molecule is COc1ccc(S(=O)(=O)Nc2ccc(C(=O)Nc3sc4c(c3-c3nc5ccccc5s3)CCN(Cc3ccccc3)C4)cc2)cc1.Cl. The van der Waals surface area contributed by atoms with E-state index in [1.165, 1.54) is 35.2 Å². The summed E-state index contributed by atoms with van der Waals surface area (Å²) in [4.78, 5) is 22.3. The summed E-state index contributed by atoms with van der Waals surface area (Å²) in [5.74, 6) is 0.295. The smallest absolute Gasteiger partial charge is 0.261 e. The lowest BCUT2D eigenvalue weighted by atomic mass is 10.0. The van der Waals surface area contributed by atoms with Crippen LogP contribution < -0.4 is 14.8 Å². The van der Waals surface area contributed by atoms with Crippen molar-refractivity contribution in [3.8, 4) is 16.3 Å². The number of rotatable bonds is 9. The van der Waals surface area contributed by atoms with Crippen molar-refractivity contribution >= 4 is 71.9 Å². The van der Waals surface area contributed by atoms with Gasteiger partial charge in [-0.1, -0.05) is 42.5 Å². The first-order valence-electron chi connectivity index (χ1n) is 14.7. The number of methoxy groups -OCH3 is 1. The molecule has 2 aromatic heterocycles. The summed E-state index contributed by atoms with van der Waals surface area (Å²) < 4.78 is 34.6. The number of carbonyl (C=O) groups is 1. The number of amides is 1. The molecule has 240 valence electrons. The molecule has 0 atom stereocenters. The molecule has 3 heterocycles. The Morgan fingerprint density at radius 1 is 0.915 bits per heavy atom. The molecule has 47 heavy (non-hydrogen) atoms. The van der Waals surface area contributed by atoms with E-state index in [0.717, 1.165) is 51.8 Å². The average Bonchev–Trinajstić information content (AvgIpc) is 3.66. The van der Waals surface area contributed by atoms with Crippen LogP contribution in [-0.2, 0) is 29.5 Å². The molecule has 0 bridgehead atoms. The quantitative estimate of drug-likeness (QED) is 0.158. The number of thiazole rings is 1. The normalized spacial score (nSPS) is 13.0. The molecule has 7 rings (SSSR count). The molecule has 1 amide bonds. The monoisotopic (exact) mass is 702 g/mol. The minimum absolute atomic E-state index is 0. The van der Waals surface area contributed by atoms with Gasteiger partial charge in [-0.3, -0.25) is 14.4 Å². The fraction of sp³-hybridized carbons (Fsp3) is 0.143. The molecule has 0 aliphatic carbocycles. The molecule has 8 nitrogen and oxygen atoms in total. The number of benzene rings is 4. The second-order valence-electron chi connectivity index (χ2n) is 11.0. The van der Waals surface area contributed by atoms with Crippen LogP contribution >= 0.6 is 35.1 Å². The second kappa shape index (κ2) is 13.8. The fourth-order valence-electron chi connectivity index (χ4n) is 5.56. The standard InChI is InChI=1S/C35H30N4O4S3.ClH/c1-43-26-15-17-27(18-16-26)46(41,42)38-25-13-11-24(12-14-25)33(40)37-35-32(34-36-29-9-5-6-10-30(29)44-34)28-19-20-39(22-31(28)45-35)21-23-7-3-2-4-8-23;/h2-18,38H,19-22H2,1H3,(H,37,40);1H. The zero-order valence-corrected chi connectivity index (χ0v) is 28.6. The Kier molecular flexibility index (Phi) is 9.62. The van der Waals surface area contributed by atoms with Crippen molar-refractivity contribution < 1.29 is 17.9 Å². The van der Waals surface area contributed by atoms with Crippen molar-refractivity contribution in [3.63, 3.8) is 0 Å². The van der Waals surface area contributed by atoms with E-state index in [9.17, 15) is 13.2 Å². The predicted molar refractivity (Wildman–Crippen MR) is 193 cm³/mol. The number of hydrogen-bond donors (Lipinski definition) is 2. The van der Waals surface area contributed by atoms with Gasteiger partial charge in [0.15, 0.2) is 0 Å². The van der Waals surface area contributed by atoms with Gasteiger partial charge in [-0.2, -0.15) is 0 Å². The van der Waals surface area contributed by atoms with Crippen molar-refractivity contribution in [2.45, 2.75) is 24.4 Å². The van der Waals surface area contributed by atoms with Crippen molar-refractivity contribution in [2.75, 3.05) is 23.7 Å². The first-order valence-corrected chi connectivity index (χ1v) is 17.8. The predicted octanol–water partition coefficient (Wildman–Crippen LogP) is 8.07. The van der Waals surface area contributed by atoms with Crippen molar-refractivity contribution in [1.82, 2.24) is 9.88 Å². The van der Waals surface area contributed by atoms with E-state index in [4.69, 9.17) is 9.72 Å². The van der Waals surface area contributed by atoms with Crippen LogP contribution in [0.2, 0.25) is 0 Å². The summed E-state index contributed by atoms with van der Waals surface area (Å²) in [6, 6.07) is 31.1. The third kappa shape index (κ3) is 7.04. The van der Waals surface area contributed by atoms with Gasteiger partial charge in [0.25, 0.3) is 15.9 Å². The number of halogens is 1. The van der Waals surface area contributed by atoms with E-state index in [2.05, 4.69) is 45.3 Å². The number of carbonyl (C=O) groups excluding carboxylic acids is 1. The van der Waals surface area contributed by atoms with Crippen molar-refractivity contribution in [2.24, 2.45) is 0 Å². The van der Waals surface area contributed by atoms with Crippen LogP contribution in [0, 0.1) is 0 Å². The van der Waals surface area contributed by atoms with Gasteiger partial charge < -0.3 is 10.1 Å². The Morgan fingerprint density at radius 2 is 1.64 bits per heavy atom. The van der Waals surface area contributed by atoms with Gasteiger partial charge in [0.2, 0.25) is 0 Å². The highest BCUT2D eigenvalue weighted by molar-refractivity contribution is 7.92. The summed E-state index contributed by atoms with van der Waals surface area (Å²) in [6.45, 7) is 2.58. The summed E-state index contributed by atoms with van der Waals surface area (Å²) in [7, 11) is -2.29. The molecule has 2 N–H and O–H groups in total. The van der Waals surface area contributed by atoms with Crippen LogP contribution in [0.4, 0.5) is 10.7 Å². The lowest BCUT2D eigenvalue weighted by Crippen LogP contribution is -2.29. The van der Waals surface area contributed by atoms with Crippen molar-refractivity contribution in [1.29, 1.82) is 0 Å². The number of hydrogen-bond acceptors (Lipinski definition) is 8. The summed E-state index contributed by atoms with van der Waals surface area (Å²) in [5.41, 5.74) is 5.23. The van der Waals surface area contributed by atoms with Crippen molar-refractivity contribution in [3.05, 3.63) is 125 Å². The summed E-state index contributed by atoms with van der Waals surface area (Å²) in [5, 5.41) is 4.85. The van der Waals surface area contributed by atoms with E-state index in [-0.39, 0.29) is 23.2 Å². The number of fused-ring (bicyclic) bond motifs is 2. The van der Waals surface area contributed by atoms with E-state index in [0.29, 0.717) is 17.0 Å². The van der Waals surface area contributed by atoms with Gasteiger partial charge in [0.05, 0.1) is 22.2 Å². The number of anilines is 2. The van der Waals surface area contributed by atoms with Crippen LogP contribution in [0.15, 0.2) is 108 Å². The Hall–Kier alpha value is -4.26. The molecule has 1 aliphatic rings. The van der Waals surface area contributed by atoms with Gasteiger partial charge >= 0.3 is 0 Å². The van der Waals surface area contributed by atoms with Crippen LogP contribution in [-0.4, -0.2) is 37.9 Å². The highest BCUT2D eigenvalue weighted by Gasteiger charge is 2.28. The first-order chi connectivity index (χ1) is 22.4. The molecule has 1 aliphatic heterocycles. The van der Waals surface area contributed by atoms with Gasteiger partial charge in [0, 0.05) is 41.3 Å². The lowest BCUT2D eigenvalue weighted by Gasteiger charge is -2.27. The molecule has 0 saturated heterocycles. The minimum atomic E-state index is -3.81. The van der Waals surface area contributed by atoms with Crippen LogP contribution in [0.1, 0.15) is 26.4 Å². The summed E-state index contributed by atoms with van der Waals surface area (Å²) in [6.07, 6.45) is 0.864. The number of para-hydroxylation sites is 1.